The van der Waals surface area contributed by atoms with Crippen molar-refractivity contribution >= 4 is 5.69 Å². The maximum absolute atomic E-state index is 5.73. The van der Waals surface area contributed by atoms with E-state index >= 15 is 0 Å². The van der Waals surface area contributed by atoms with Crippen molar-refractivity contribution < 1.29 is 0 Å². The highest BCUT2D eigenvalue weighted by molar-refractivity contribution is 5.62. The Bertz CT molecular complexity index is 472. The Morgan fingerprint density at radius 2 is 1.73 bits per heavy atom. The molecule has 0 saturated carbocycles. The molecule has 0 aliphatic carbocycles. The first-order chi connectivity index (χ1) is 7.16. The van der Waals surface area contributed by atoms with Crippen LogP contribution in [0, 0.1) is 13.8 Å². The molecule has 1 aromatic carbocycles. The summed E-state index contributed by atoms with van der Waals surface area (Å²) in [5.41, 5.74) is 10.9. The number of pyridine rings is 1. The zero-order valence-electron chi connectivity index (χ0n) is 8.99. The lowest BCUT2D eigenvalue weighted by atomic mass is 10.1. The van der Waals surface area contributed by atoms with Crippen molar-refractivity contribution in [1.29, 1.82) is 0 Å². The fraction of sp³-hybridized carbons (Fsp3) is 0.154. The summed E-state index contributed by atoms with van der Waals surface area (Å²) >= 11 is 0. The van der Waals surface area contributed by atoms with Crippen LogP contribution in [0.3, 0.4) is 0 Å². The molecule has 1 heterocycles. The molecule has 76 valence electrons. The number of nitrogens with zero attached hydrogens (tertiary/aromatic N) is 1. The van der Waals surface area contributed by atoms with Crippen LogP contribution < -0.4 is 5.73 Å². The summed E-state index contributed by atoms with van der Waals surface area (Å²) in [6.07, 6.45) is 1.71. The van der Waals surface area contributed by atoms with Crippen molar-refractivity contribution in [2.45, 2.75) is 13.8 Å². The minimum Gasteiger partial charge on any atom is -0.397 e. The van der Waals surface area contributed by atoms with E-state index in [-0.39, 0.29) is 0 Å². The molecular weight excluding hydrogens is 184 g/mol. The highest BCUT2D eigenvalue weighted by Gasteiger charge is 2.00. The van der Waals surface area contributed by atoms with Gasteiger partial charge in [0.15, 0.2) is 0 Å². The third-order valence-corrected chi connectivity index (χ3v) is 2.50. The van der Waals surface area contributed by atoms with Crippen LogP contribution in [0.15, 0.2) is 36.5 Å². The van der Waals surface area contributed by atoms with E-state index in [4.69, 9.17) is 5.73 Å². The molecule has 0 saturated heterocycles. The van der Waals surface area contributed by atoms with Crippen LogP contribution in [0.5, 0.6) is 0 Å². The SMILES string of the molecule is Cc1ccc(-c2cc(C)c(N)cn2)cc1. The third kappa shape index (κ3) is 1.99. The summed E-state index contributed by atoms with van der Waals surface area (Å²) in [5.74, 6) is 0. The molecule has 0 spiro atoms. The Morgan fingerprint density at radius 1 is 1.07 bits per heavy atom. The van der Waals surface area contributed by atoms with Gasteiger partial charge >= 0.3 is 0 Å². The van der Waals surface area contributed by atoms with E-state index in [1.807, 2.05) is 13.0 Å². The normalized spacial score (nSPS) is 10.3. The van der Waals surface area contributed by atoms with E-state index in [1.165, 1.54) is 5.56 Å². The third-order valence-electron chi connectivity index (χ3n) is 2.50. The minimum atomic E-state index is 0.742. The van der Waals surface area contributed by atoms with Gasteiger partial charge in [-0.2, -0.15) is 0 Å². The first kappa shape index (κ1) is 9.71. The molecule has 0 unspecified atom stereocenters. The van der Waals surface area contributed by atoms with Gasteiger partial charge in [0.2, 0.25) is 0 Å². The Balaban J connectivity index is 2.45. The number of nitrogen functional groups attached to an aromatic ring is 1. The van der Waals surface area contributed by atoms with E-state index < -0.39 is 0 Å². The zero-order valence-corrected chi connectivity index (χ0v) is 8.99. The standard InChI is InChI=1S/C13H14N2/c1-9-3-5-11(6-4-9)13-7-10(2)12(14)8-15-13/h3-8H,14H2,1-2H3. The number of anilines is 1. The molecule has 0 atom stereocenters. The number of rotatable bonds is 1. The van der Waals surface area contributed by atoms with Crippen LogP contribution in [-0.2, 0) is 0 Å². The van der Waals surface area contributed by atoms with Gasteiger partial charge in [-0.1, -0.05) is 29.8 Å². The predicted molar refractivity (Wildman–Crippen MR) is 63.6 cm³/mol. The van der Waals surface area contributed by atoms with Crippen molar-refractivity contribution in [2.75, 3.05) is 5.73 Å². The molecule has 0 radical (unpaired) electrons. The van der Waals surface area contributed by atoms with Crippen LogP contribution in [0.2, 0.25) is 0 Å². The quantitative estimate of drug-likeness (QED) is 0.765. The van der Waals surface area contributed by atoms with Gasteiger partial charge in [0.1, 0.15) is 0 Å². The van der Waals surface area contributed by atoms with Crippen molar-refractivity contribution in [3.8, 4) is 11.3 Å². The lowest BCUT2D eigenvalue weighted by Crippen LogP contribution is -1.92. The summed E-state index contributed by atoms with van der Waals surface area (Å²) < 4.78 is 0. The van der Waals surface area contributed by atoms with Gasteiger partial charge in [-0.3, -0.25) is 4.98 Å². The molecule has 0 aliphatic rings. The van der Waals surface area contributed by atoms with Crippen molar-refractivity contribution in [2.24, 2.45) is 0 Å². The number of hydrogen-bond donors (Lipinski definition) is 1. The van der Waals surface area contributed by atoms with Crippen LogP contribution in [0.1, 0.15) is 11.1 Å². The molecule has 2 heteroatoms. The summed E-state index contributed by atoms with van der Waals surface area (Å²) in [5, 5.41) is 0. The van der Waals surface area contributed by atoms with Crippen molar-refractivity contribution in [1.82, 2.24) is 4.98 Å². The molecule has 2 nitrogen and oxygen atoms in total. The molecule has 15 heavy (non-hydrogen) atoms. The number of aromatic nitrogens is 1. The molecule has 0 bridgehead atoms. The van der Waals surface area contributed by atoms with Crippen LogP contribution in [-0.4, -0.2) is 4.98 Å². The lowest BCUT2D eigenvalue weighted by Gasteiger charge is -2.04. The molecule has 0 amide bonds. The molecule has 2 aromatic rings. The Kier molecular flexibility index (Phi) is 2.42. The molecule has 2 rings (SSSR count). The van der Waals surface area contributed by atoms with Crippen molar-refractivity contribution in [3.63, 3.8) is 0 Å². The Labute approximate surface area is 89.8 Å². The summed E-state index contributed by atoms with van der Waals surface area (Å²) in [4.78, 5) is 4.31. The van der Waals surface area contributed by atoms with Gasteiger partial charge in [0, 0.05) is 5.56 Å². The average molecular weight is 198 g/mol. The molecular formula is C13H14N2. The van der Waals surface area contributed by atoms with E-state index in [0.717, 1.165) is 22.5 Å². The minimum absolute atomic E-state index is 0.742. The van der Waals surface area contributed by atoms with Gasteiger partial charge in [-0.25, -0.2) is 0 Å². The van der Waals surface area contributed by atoms with Gasteiger partial charge in [-0.05, 0) is 25.5 Å². The number of benzene rings is 1. The first-order valence-electron chi connectivity index (χ1n) is 4.96. The summed E-state index contributed by atoms with van der Waals surface area (Å²) in [6, 6.07) is 10.3. The fourth-order valence-corrected chi connectivity index (χ4v) is 1.45. The maximum atomic E-state index is 5.73. The predicted octanol–water partition coefficient (Wildman–Crippen LogP) is 2.95. The number of nitrogens with two attached hydrogens (primary N) is 1. The second kappa shape index (κ2) is 3.73. The van der Waals surface area contributed by atoms with Gasteiger partial charge in [0.25, 0.3) is 0 Å². The summed E-state index contributed by atoms with van der Waals surface area (Å²) in [6.45, 7) is 4.07. The Morgan fingerprint density at radius 3 is 2.33 bits per heavy atom. The van der Waals surface area contributed by atoms with E-state index in [1.54, 1.807) is 6.20 Å². The smallest absolute Gasteiger partial charge is 0.0706 e. The highest BCUT2D eigenvalue weighted by Crippen LogP contribution is 2.20. The van der Waals surface area contributed by atoms with E-state index in [0.29, 0.717) is 0 Å². The lowest BCUT2D eigenvalue weighted by molar-refractivity contribution is 1.29. The zero-order chi connectivity index (χ0) is 10.8. The second-order valence-electron chi connectivity index (χ2n) is 3.79. The van der Waals surface area contributed by atoms with Crippen LogP contribution >= 0.6 is 0 Å². The topological polar surface area (TPSA) is 38.9 Å². The average Bonchev–Trinajstić information content (AvgIpc) is 2.23. The highest BCUT2D eigenvalue weighted by atomic mass is 14.7. The largest absolute Gasteiger partial charge is 0.397 e. The second-order valence-corrected chi connectivity index (χ2v) is 3.79. The van der Waals surface area contributed by atoms with Crippen LogP contribution in [0.4, 0.5) is 5.69 Å². The fourth-order valence-electron chi connectivity index (χ4n) is 1.45. The number of aryl methyl sites for hydroxylation is 2. The van der Waals surface area contributed by atoms with E-state index in [2.05, 4.69) is 36.2 Å². The van der Waals surface area contributed by atoms with Crippen molar-refractivity contribution in [3.05, 3.63) is 47.7 Å². The van der Waals surface area contributed by atoms with Crippen LogP contribution in [0.25, 0.3) is 11.3 Å². The number of hydrogen-bond acceptors (Lipinski definition) is 2. The molecule has 0 aliphatic heterocycles. The molecule has 1 aromatic heterocycles. The monoisotopic (exact) mass is 198 g/mol. The molecule has 2 N–H and O–H groups in total. The van der Waals surface area contributed by atoms with Gasteiger partial charge < -0.3 is 5.73 Å². The first-order valence-corrected chi connectivity index (χ1v) is 4.96. The maximum Gasteiger partial charge on any atom is 0.0706 e. The van der Waals surface area contributed by atoms with E-state index in [9.17, 15) is 0 Å². The van der Waals surface area contributed by atoms with Gasteiger partial charge in [-0.15, -0.1) is 0 Å². The summed E-state index contributed by atoms with van der Waals surface area (Å²) in [7, 11) is 0. The molecule has 0 fully saturated rings. The Hall–Kier alpha value is -1.83. The van der Waals surface area contributed by atoms with Gasteiger partial charge in [0.05, 0.1) is 17.6 Å².